The van der Waals surface area contributed by atoms with Crippen LogP contribution in [-0.4, -0.2) is 48.6 Å². The van der Waals surface area contributed by atoms with Crippen molar-refractivity contribution < 1.29 is 9.18 Å². The van der Waals surface area contributed by atoms with Crippen LogP contribution in [0.4, 0.5) is 27.7 Å². The van der Waals surface area contributed by atoms with Crippen LogP contribution < -0.4 is 10.6 Å². The number of hydrogen-bond acceptors (Lipinski definition) is 6. The Bertz CT molecular complexity index is 1400. The molecule has 1 saturated heterocycles. The minimum atomic E-state index is -0.386. The number of anilines is 4. The lowest BCUT2D eigenvalue weighted by atomic mass is 9.86. The number of piperidine rings is 1. The molecule has 1 aliphatic rings. The second-order valence-corrected chi connectivity index (χ2v) is 9.68. The Hall–Kier alpha value is -3.92. The summed E-state index contributed by atoms with van der Waals surface area (Å²) in [6.07, 6.45) is 6.82. The summed E-state index contributed by atoms with van der Waals surface area (Å²) in [6, 6.07) is 8.99. The van der Waals surface area contributed by atoms with Crippen LogP contribution in [0.15, 0.2) is 48.9 Å². The third kappa shape index (κ3) is 5.75. The summed E-state index contributed by atoms with van der Waals surface area (Å²) in [5, 5.41) is 13.3. The van der Waals surface area contributed by atoms with E-state index in [-0.39, 0.29) is 29.3 Å². The van der Waals surface area contributed by atoms with Crippen LogP contribution in [0, 0.1) is 19.7 Å². The number of aromatic nitrogens is 5. The van der Waals surface area contributed by atoms with Crippen molar-refractivity contribution in [3.05, 3.63) is 76.6 Å². The van der Waals surface area contributed by atoms with Gasteiger partial charge in [0, 0.05) is 37.2 Å². The average molecular weight is 523 g/mol. The van der Waals surface area contributed by atoms with Gasteiger partial charge in [-0.05, 0) is 68.0 Å². The third-order valence-electron chi connectivity index (χ3n) is 6.57. The molecule has 0 bridgehead atoms. The van der Waals surface area contributed by atoms with Gasteiger partial charge in [0.05, 0.1) is 11.9 Å². The predicted octanol–water partition coefficient (Wildman–Crippen LogP) is 5.30. The summed E-state index contributed by atoms with van der Waals surface area (Å²) in [4.78, 5) is 23.1. The molecule has 37 heavy (non-hydrogen) atoms. The lowest BCUT2D eigenvalue weighted by Gasteiger charge is -2.33. The molecule has 3 aromatic heterocycles. The fourth-order valence-corrected chi connectivity index (χ4v) is 4.78. The van der Waals surface area contributed by atoms with E-state index in [2.05, 4.69) is 30.8 Å². The maximum absolute atomic E-state index is 15.2. The van der Waals surface area contributed by atoms with Gasteiger partial charge in [-0.15, -0.1) is 0 Å². The Morgan fingerprint density at radius 3 is 2.62 bits per heavy atom. The first-order chi connectivity index (χ1) is 17.9. The number of nitrogens with one attached hydrogen (secondary N) is 3. The molecule has 0 radical (unpaired) electrons. The van der Waals surface area contributed by atoms with E-state index in [1.165, 1.54) is 6.20 Å². The summed E-state index contributed by atoms with van der Waals surface area (Å²) in [5.41, 5.74) is 3.11. The molecule has 1 aliphatic heterocycles. The van der Waals surface area contributed by atoms with Crippen molar-refractivity contribution in [3.8, 4) is 0 Å². The molecule has 5 rings (SSSR count). The second-order valence-electron chi connectivity index (χ2n) is 9.28. The van der Waals surface area contributed by atoms with Crippen LogP contribution in [0.2, 0.25) is 5.02 Å². The Balaban J connectivity index is 1.24. The van der Waals surface area contributed by atoms with Crippen molar-refractivity contribution in [1.29, 1.82) is 0 Å². The standard InChI is InChI=1S/C26H28ClFN8O/c1-16-11-22(30-26-29-14-20(27)25(32-26)31-23-12-17(2)33-34-23)21(28)13-19(16)18-5-9-36(10-6-18)24(37)15-35-7-3-4-8-35/h3-4,7-8,11-14,18H,5-6,9-10,15H2,1-2H3,(H3,29,30,31,32,33,34). The largest absolute Gasteiger partial charge is 0.345 e. The Morgan fingerprint density at radius 2 is 1.92 bits per heavy atom. The zero-order chi connectivity index (χ0) is 25.9. The number of aromatic amines is 1. The summed E-state index contributed by atoms with van der Waals surface area (Å²) >= 11 is 6.23. The number of carbonyl (C=O) groups is 1. The molecule has 1 fully saturated rings. The molecule has 1 amide bonds. The molecule has 0 atom stereocenters. The average Bonchev–Trinajstić information content (AvgIpc) is 3.55. The zero-order valence-corrected chi connectivity index (χ0v) is 21.4. The van der Waals surface area contributed by atoms with E-state index in [9.17, 15) is 4.79 Å². The molecular weight excluding hydrogens is 495 g/mol. The highest BCUT2D eigenvalue weighted by atomic mass is 35.5. The Kier molecular flexibility index (Phi) is 7.09. The third-order valence-corrected chi connectivity index (χ3v) is 6.85. The smallest absolute Gasteiger partial charge is 0.242 e. The first-order valence-electron chi connectivity index (χ1n) is 12.1. The van der Waals surface area contributed by atoms with E-state index in [1.54, 1.807) is 12.1 Å². The number of carbonyl (C=O) groups excluding carboxylic acids is 1. The van der Waals surface area contributed by atoms with E-state index in [0.29, 0.717) is 36.3 Å². The topological polar surface area (TPSA) is 104 Å². The van der Waals surface area contributed by atoms with Crippen LogP contribution in [0.1, 0.15) is 35.6 Å². The first-order valence-corrected chi connectivity index (χ1v) is 12.5. The van der Waals surface area contributed by atoms with Crippen LogP contribution in [0.3, 0.4) is 0 Å². The molecule has 4 heterocycles. The molecule has 1 aromatic carbocycles. The van der Waals surface area contributed by atoms with E-state index >= 15 is 4.39 Å². The molecule has 192 valence electrons. The van der Waals surface area contributed by atoms with Crippen molar-refractivity contribution >= 4 is 40.8 Å². The van der Waals surface area contributed by atoms with Gasteiger partial charge >= 0.3 is 0 Å². The molecule has 0 unspecified atom stereocenters. The molecule has 3 N–H and O–H groups in total. The van der Waals surface area contributed by atoms with E-state index in [4.69, 9.17) is 11.6 Å². The second kappa shape index (κ2) is 10.6. The molecule has 4 aromatic rings. The maximum Gasteiger partial charge on any atom is 0.242 e. The monoisotopic (exact) mass is 522 g/mol. The van der Waals surface area contributed by atoms with Gasteiger partial charge in [-0.3, -0.25) is 9.89 Å². The minimum absolute atomic E-state index is 0.108. The number of H-pyrrole nitrogens is 1. The van der Waals surface area contributed by atoms with Gasteiger partial charge in [0.2, 0.25) is 11.9 Å². The van der Waals surface area contributed by atoms with Gasteiger partial charge in [0.15, 0.2) is 11.6 Å². The fourth-order valence-electron chi connectivity index (χ4n) is 4.64. The van der Waals surface area contributed by atoms with Crippen LogP contribution >= 0.6 is 11.6 Å². The summed E-state index contributed by atoms with van der Waals surface area (Å²) in [5.74, 6) is 1.04. The number of aryl methyl sites for hydroxylation is 2. The number of hydrogen-bond donors (Lipinski definition) is 3. The lowest BCUT2D eigenvalue weighted by molar-refractivity contribution is -0.132. The number of benzene rings is 1. The molecule has 11 heteroatoms. The van der Waals surface area contributed by atoms with Gasteiger partial charge in [-0.2, -0.15) is 10.1 Å². The van der Waals surface area contributed by atoms with Gasteiger partial charge in [-0.1, -0.05) is 11.6 Å². The van der Waals surface area contributed by atoms with Gasteiger partial charge < -0.3 is 20.1 Å². The fraction of sp³-hybridized carbons (Fsp3) is 0.308. The van der Waals surface area contributed by atoms with E-state index in [1.807, 2.05) is 53.9 Å². The number of rotatable bonds is 7. The van der Waals surface area contributed by atoms with Crippen molar-refractivity contribution in [3.63, 3.8) is 0 Å². The Labute approximate surface area is 219 Å². The lowest BCUT2D eigenvalue weighted by Crippen LogP contribution is -2.39. The molecule has 0 saturated carbocycles. The van der Waals surface area contributed by atoms with Gasteiger partial charge in [0.1, 0.15) is 17.4 Å². The number of likely N-dealkylation sites (tertiary alicyclic amines) is 1. The summed E-state index contributed by atoms with van der Waals surface area (Å²) in [6.45, 7) is 5.53. The summed E-state index contributed by atoms with van der Waals surface area (Å²) < 4.78 is 17.1. The van der Waals surface area contributed by atoms with Crippen LogP contribution in [-0.2, 0) is 11.3 Å². The zero-order valence-electron chi connectivity index (χ0n) is 20.6. The normalized spacial score (nSPS) is 14.1. The first kappa shape index (κ1) is 24.8. The maximum atomic E-state index is 15.2. The van der Waals surface area contributed by atoms with E-state index in [0.717, 1.165) is 29.7 Å². The van der Waals surface area contributed by atoms with Gasteiger partial charge in [0.25, 0.3) is 0 Å². The number of halogens is 2. The number of nitrogens with zero attached hydrogens (tertiary/aromatic N) is 5. The predicted molar refractivity (Wildman–Crippen MR) is 141 cm³/mol. The van der Waals surface area contributed by atoms with Gasteiger partial charge in [-0.25, -0.2) is 9.37 Å². The molecular formula is C26H28ClFN8O. The molecule has 0 spiro atoms. The van der Waals surface area contributed by atoms with Crippen molar-refractivity contribution in [1.82, 2.24) is 29.6 Å². The van der Waals surface area contributed by atoms with E-state index < -0.39 is 0 Å². The summed E-state index contributed by atoms with van der Waals surface area (Å²) in [7, 11) is 0. The highest BCUT2D eigenvalue weighted by molar-refractivity contribution is 6.32. The molecule has 9 nitrogen and oxygen atoms in total. The van der Waals surface area contributed by atoms with Crippen molar-refractivity contribution in [2.45, 2.75) is 39.2 Å². The SMILES string of the molecule is Cc1cc(Nc2nc(Nc3cc(C)c(C4CCN(C(=O)Cn5cccc5)CC4)cc3F)ncc2Cl)n[nH]1. The Morgan fingerprint density at radius 1 is 1.16 bits per heavy atom. The van der Waals surface area contributed by atoms with Crippen molar-refractivity contribution in [2.75, 3.05) is 23.7 Å². The highest BCUT2D eigenvalue weighted by Crippen LogP contribution is 2.34. The van der Waals surface area contributed by atoms with Crippen molar-refractivity contribution in [2.24, 2.45) is 0 Å². The van der Waals surface area contributed by atoms with Crippen LogP contribution in [0.25, 0.3) is 0 Å². The quantitative estimate of drug-likeness (QED) is 0.304. The minimum Gasteiger partial charge on any atom is -0.345 e. The van der Waals surface area contributed by atoms with Crippen LogP contribution in [0.5, 0.6) is 0 Å². The number of amides is 1. The highest BCUT2D eigenvalue weighted by Gasteiger charge is 2.25. The molecule has 0 aliphatic carbocycles.